The first kappa shape index (κ1) is 19.1. The maximum absolute atomic E-state index is 12.6. The fraction of sp³-hybridized carbons (Fsp3) is 0.400. The summed E-state index contributed by atoms with van der Waals surface area (Å²) in [6, 6.07) is 5.13. The molecule has 2 N–H and O–H groups in total. The van der Waals surface area contributed by atoms with Crippen molar-refractivity contribution in [3.63, 3.8) is 0 Å². The van der Waals surface area contributed by atoms with Gasteiger partial charge in [0.25, 0.3) is 5.91 Å². The first-order valence-electron chi connectivity index (χ1n) is 9.59. The number of nitrogens with zero attached hydrogens (tertiary/aromatic N) is 4. The van der Waals surface area contributed by atoms with Gasteiger partial charge in [0.1, 0.15) is 17.0 Å². The Kier molecular flexibility index (Phi) is 5.57. The van der Waals surface area contributed by atoms with Gasteiger partial charge in [-0.3, -0.25) is 4.79 Å². The van der Waals surface area contributed by atoms with Gasteiger partial charge < -0.3 is 20.1 Å². The molecule has 2 aromatic heterocycles. The van der Waals surface area contributed by atoms with Gasteiger partial charge in [0.15, 0.2) is 5.65 Å². The topological polar surface area (TPSA) is 103 Å². The lowest BCUT2D eigenvalue weighted by Crippen LogP contribution is -2.28. The molecule has 0 radical (unpaired) electrons. The van der Waals surface area contributed by atoms with E-state index in [2.05, 4.69) is 20.6 Å². The number of nitrogens with one attached hydrogen (secondary N) is 2. The molecule has 0 saturated carbocycles. The van der Waals surface area contributed by atoms with Crippen molar-refractivity contribution in [1.29, 1.82) is 0 Å². The Labute approximate surface area is 168 Å². The predicted molar refractivity (Wildman–Crippen MR) is 107 cm³/mol. The van der Waals surface area contributed by atoms with Crippen molar-refractivity contribution in [2.75, 3.05) is 33.9 Å². The average Bonchev–Trinajstić information content (AvgIpc) is 3.41. The molecule has 1 amide bonds. The summed E-state index contributed by atoms with van der Waals surface area (Å²) in [6.45, 7) is 2.77. The van der Waals surface area contributed by atoms with Crippen LogP contribution in [0.2, 0.25) is 0 Å². The van der Waals surface area contributed by atoms with Gasteiger partial charge in [-0.1, -0.05) is 0 Å². The monoisotopic (exact) mass is 396 g/mol. The van der Waals surface area contributed by atoms with Crippen molar-refractivity contribution in [3.05, 3.63) is 41.9 Å². The lowest BCUT2D eigenvalue weighted by atomic mass is 10.0. The number of hydrogen-bond acceptors (Lipinski definition) is 7. The fourth-order valence-electron chi connectivity index (χ4n) is 3.61. The van der Waals surface area contributed by atoms with Crippen molar-refractivity contribution < 1.29 is 14.3 Å². The van der Waals surface area contributed by atoms with Crippen LogP contribution in [0.25, 0.3) is 11.2 Å². The van der Waals surface area contributed by atoms with Crippen molar-refractivity contribution in [3.8, 4) is 11.5 Å². The van der Waals surface area contributed by atoms with Crippen LogP contribution < -0.4 is 20.1 Å². The van der Waals surface area contributed by atoms with E-state index < -0.39 is 0 Å². The van der Waals surface area contributed by atoms with Crippen LogP contribution in [0.4, 0.5) is 0 Å². The van der Waals surface area contributed by atoms with Crippen LogP contribution in [0.5, 0.6) is 11.5 Å². The van der Waals surface area contributed by atoms with Crippen LogP contribution in [0.15, 0.2) is 30.6 Å². The molecule has 1 atom stereocenters. The molecule has 3 heterocycles. The predicted octanol–water partition coefficient (Wildman–Crippen LogP) is 1.35. The maximum atomic E-state index is 12.6. The van der Waals surface area contributed by atoms with Gasteiger partial charge in [-0.05, 0) is 31.2 Å². The Morgan fingerprint density at radius 1 is 1.28 bits per heavy atom. The van der Waals surface area contributed by atoms with E-state index in [1.807, 2.05) is 4.68 Å². The summed E-state index contributed by atoms with van der Waals surface area (Å²) >= 11 is 0. The van der Waals surface area contributed by atoms with Crippen LogP contribution >= 0.6 is 0 Å². The van der Waals surface area contributed by atoms with Gasteiger partial charge in [0.2, 0.25) is 0 Å². The number of fused-ring (bicyclic) bond motifs is 1. The van der Waals surface area contributed by atoms with Gasteiger partial charge in [-0.25, -0.2) is 14.6 Å². The van der Waals surface area contributed by atoms with Gasteiger partial charge in [0, 0.05) is 31.4 Å². The molecule has 152 valence electrons. The minimum Gasteiger partial charge on any atom is -0.497 e. The van der Waals surface area contributed by atoms with Crippen molar-refractivity contribution in [2.24, 2.45) is 0 Å². The van der Waals surface area contributed by atoms with E-state index in [0.717, 1.165) is 36.4 Å². The Morgan fingerprint density at radius 2 is 2.14 bits per heavy atom. The zero-order valence-electron chi connectivity index (χ0n) is 16.5. The molecular formula is C20H24N6O3. The molecule has 29 heavy (non-hydrogen) atoms. The van der Waals surface area contributed by atoms with Crippen LogP contribution in [-0.2, 0) is 6.54 Å². The van der Waals surface area contributed by atoms with Gasteiger partial charge in [-0.15, -0.1) is 0 Å². The number of rotatable bonds is 7. The van der Waals surface area contributed by atoms with E-state index in [9.17, 15) is 4.79 Å². The van der Waals surface area contributed by atoms with Crippen LogP contribution in [0, 0.1) is 0 Å². The average molecular weight is 396 g/mol. The highest BCUT2D eigenvalue weighted by Gasteiger charge is 2.24. The zero-order chi connectivity index (χ0) is 20.2. The summed E-state index contributed by atoms with van der Waals surface area (Å²) in [5.74, 6) is 1.20. The Bertz CT molecular complexity index is 1010. The third-order valence-electron chi connectivity index (χ3n) is 5.10. The summed E-state index contributed by atoms with van der Waals surface area (Å²) in [6.07, 6.45) is 4.39. The van der Waals surface area contributed by atoms with Gasteiger partial charge in [-0.2, -0.15) is 5.10 Å². The third kappa shape index (κ3) is 3.86. The molecule has 9 nitrogen and oxygen atoms in total. The molecule has 0 unspecified atom stereocenters. The first-order chi connectivity index (χ1) is 14.2. The standard InChI is InChI=1S/C20H24N6O3/c1-28-14-3-4-16(29-2)15(11-14)20(27)24-9-10-26-19-18(22-7-8-23-19)17(25-26)13-5-6-21-12-13/h3-4,7-8,11,13,21H,5-6,9-10,12H2,1-2H3,(H,24,27)/t13-/m1/s1. The second-order valence-electron chi connectivity index (χ2n) is 6.85. The third-order valence-corrected chi connectivity index (χ3v) is 5.10. The number of amides is 1. The molecule has 1 saturated heterocycles. The molecule has 1 aromatic carbocycles. The number of aromatic nitrogens is 4. The van der Waals surface area contributed by atoms with Gasteiger partial charge >= 0.3 is 0 Å². The first-order valence-corrected chi connectivity index (χ1v) is 9.59. The van der Waals surface area contributed by atoms with E-state index in [1.165, 1.54) is 7.11 Å². The molecule has 1 fully saturated rings. The number of carbonyl (C=O) groups excluding carboxylic acids is 1. The normalized spacial score (nSPS) is 16.1. The molecule has 1 aliphatic rings. The van der Waals surface area contributed by atoms with E-state index >= 15 is 0 Å². The lowest BCUT2D eigenvalue weighted by Gasteiger charge is -2.11. The highest BCUT2D eigenvalue weighted by molar-refractivity contribution is 5.97. The highest BCUT2D eigenvalue weighted by atomic mass is 16.5. The summed E-state index contributed by atoms with van der Waals surface area (Å²) < 4.78 is 12.3. The second-order valence-corrected chi connectivity index (χ2v) is 6.85. The minimum atomic E-state index is -0.233. The summed E-state index contributed by atoms with van der Waals surface area (Å²) in [5.41, 5.74) is 2.97. The summed E-state index contributed by atoms with van der Waals surface area (Å²) in [7, 11) is 3.09. The molecular weight excluding hydrogens is 372 g/mol. The molecule has 0 bridgehead atoms. The van der Waals surface area contributed by atoms with Crippen molar-refractivity contribution >= 4 is 17.1 Å². The summed E-state index contributed by atoms with van der Waals surface area (Å²) in [4.78, 5) is 21.6. The Balaban J connectivity index is 1.49. The number of benzene rings is 1. The molecule has 4 rings (SSSR count). The SMILES string of the molecule is COc1ccc(OC)c(C(=O)NCCn2nc([C@@H]3CCNC3)c3nccnc32)c1. The minimum absolute atomic E-state index is 0.233. The smallest absolute Gasteiger partial charge is 0.255 e. The summed E-state index contributed by atoms with van der Waals surface area (Å²) in [5, 5.41) is 11.0. The van der Waals surface area contributed by atoms with Crippen LogP contribution in [0.1, 0.15) is 28.4 Å². The van der Waals surface area contributed by atoms with E-state index in [4.69, 9.17) is 14.6 Å². The molecule has 0 aliphatic carbocycles. The number of carbonyl (C=O) groups is 1. The van der Waals surface area contributed by atoms with E-state index in [-0.39, 0.29) is 5.91 Å². The fourth-order valence-corrected chi connectivity index (χ4v) is 3.61. The second kappa shape index (κ2) is 8.44. The molecule has 9 heteroatoms. The molecule has 0 spiro atoms. The largest absolute Gasteiger partial charge is 0.497 e. The number of hydrogen-bond donors (Lipinski definition) is 2. The Hall–Kier alpha value is -3.20. The zero-order valence-corrected chi connectivity index (χ0v) is 16.5. The number of ether oxygens (including phenoxy) is 2. The van der Waals surface area contributed by atoms with E-state index in [1.54, 1.807) is 37.7 Å². The van der Waals surface area contributed by atoms with Crippen molar-refractivity contribution in [1.82, 2.24) is 30.4 Å². The number of methoxy groups -OCH3 is 2. The highest BCUT2D eigenvalue weighted by Crippen LogP contribution is 2.27. The maximum Gasteiger partial charge on any atom is 0.255 e. The quantitative estimate of drug-likeness (QED) is 0.621. The van der Waals surface area contributed by atoms with Crippen LogP contribution in [-0.4, -0.2) is 59.5 Å². The van der Waals surface area contributed by atoms with Crippen molar-refractivity contribution in [2.45, 2.75) is 18.9 Å². The Morgan fingerprint density at radius 3 is 2.90 bits per heavy atom. The molecule has 3 aromatic rings. The lowest BCUT2D eigenvalue weighted by molar-refractivity contribution is 0.0948. The van der Waals surface area contributed by atoms with Gasteiger partial charge in [0.05, 0.1) is 32.0 Å². The van der Waals surface area contributed by atoms with Crippen LogP contribution in [0.3, 0.4) is 0 Å². The van der Waals surface area contributed by atoms with E-state index in [0.29, 0.717) is 36.1 Å². The molecule has 1 aliphatic heterocycles.